The first kappa shape index (κ1) is 15.4. The number of aryl methyl sites for hydroxylation is 1. The molecular formula is C18H19NOS2. The average Bonchev–Trinajstić information content (AvgIpc) is 2.82. The fraction of sp³-hybridized carbons (Fsp3) is 0.278. The van der Waals surface area contributed by atoms with Crippen molar-refractivity contribution < 1.29 is 4.79 Å². The summed E-state index contributed by atoms with van der Waals surface area (Å²) in [6.45, 7) is 5.00. The quantitative estimate of drug-likeness (QED) is 0.905. The minimum atomic E-state index is 0.0512. The van der Waals surface area contributed by atoms with E-state index in [1.165, 1.54) is 26.4 Å². The highest BCUT2D eigenvalue weighted by Crippen LogP contribution is 2.39. The molecule has 1 N–H and O–H groups in total. The summed E-state index contributed by atoms with van der Waals surface area (Å²) >= 11 is 3.43. The standard InChI is InChI=1S/C18H19NOS2/c1-12-13(2)22-16-10-17(21-11-15(12)16)18(20)19-9-8-14-6-4-3-5-7-14/h3-7,10H,8-9,11H2,1-2H3,(H,19,20). The molecule has 0 bridgehead atoms. The Kier molecular flexibility index (Phi) is 4.69. The minimum absolute atomic E-state index is 0.0512. The van der Waals surface area contributed by atoms with Crippen LogP contribution in [0.2, 0.25) is 0 Å². The van der Waals surface area contributed by atoms with Crippen LogP contribution < -0.4 is 5.32 Å². The summed E-state index contributed by atoms with van der Waals surface area (Å²) < 4.78 is 0. The Morgan fingerprint density at radius 1 is 1.23 bits per heavy atom. The average molecular weight is 329 g/mol. The maximum Gasteiger partial charge on any atom is 0.257 e. The topological polar surface area (TPSA) is 29.1 Å². The van der Waals surface area contributed by atoms with Crippen LogP contribution >= 0.6 is 23.1 Å². The smallest absolute Gasteiger partial charge is 0.257 e. The number of hydrogen-bond acceptors (Lipinski definition) is 3. The zero-order valence-corrected chi connectivity index (χ0v) is 14.4. The second-order valence-electron chi connectivity index (χ2n) is 5.41. The molecule has 1 aromatic heterocycles. The van der Waals surface area contributed by atoms with Crippen LogP contribution in [0, 0.1) is 13.8 Å². The Balaban J connectivity index is 1.61. The molecule has 0 radical (unpaired) electrons. The van der Waals surface area contributed by atoms with Crippen LogP contribution in [0.5, 0.6) is 0 Å². The number of thiophene rings is 1. The fourth-order valence-electron chi connectivity index (χ4n) is 2.49. The van der Waals surface area contributed by atoms with Gasteiger partial charge in [0.25, 0.3) is 5.91 Å². The number of hydrogen-bond donors (Lipinski definition) is 1. The van der Waals surface area contributed by atoms with E-state index < -0.39 is 0 Å². The molecule has 1 aliphatic rings. The summed E-state index contributed by atoms with van der Waals surface area (Å²) in [5.74, 6) is 0.957. The van der Waals surface area contributed by atoms with Gasteiger partial charge in [-0.25, -0.2) is 0 Å². The zero-order chi connectivity index (χ0) is 15.5. The lowest BCUT2D eigenvalue weighted by atomic mass is 10.1. The molecule has 2 heterocycles. The first-order chi connectivity index (χ1) is 10.6. The molecule has 0 fully saturated rings. The van der Waals surface area contributed by atoms with Crippen molar-refractivity contribution in [3.63, 3.8) is 0 Å². The van der Waals surface area contributed by atoms with E-state index in [9.17, 15) is 4.79 Å². The van der Waals surface area contributed by atoms with E-state index in [2.05, 4.69) is 31.3 Å². The van der Waals surface area contributed by atoms with Gasteiger partial charge in [-0.2, -0.15) is 0 Å². The number of rotatable bonds is 4. The van der Waals surface area contributed by atoms with Gasteiger partial charge in [0.2, 0.25) is 0 Å². The Morgan fingerprint density at radius 3 is 2.77 bits per heavy atom. The van der Waals surface area contributed by atoms with Gasteiger partial charge in [-0.3, -0.25) is 4.79 Å². The highest BCUT2D eigenvalue weighted by atomic mass is 32.2. The van der Waals surface area contributed by atoms with Crippen LogP contribution in [-0.2, 0) is 17.0 Å². The molecule has 2 aromatic rings. The number of fused-ring (bicyclic) bond motifs is 1. The lowest BCUT2D eigenvalue weighted by Gasteiger charge is -2.13. The maximum absolute atomic E-state index is 12.3. The zero-order valence-electron chi connectivity index (χ0n) is 12.8. The predicted octanol–water partition coefficient (Wildman–Crippen LogP) is 4.31. The van der Waals surface area contributed by atoms with Gasteiger partial charge in [-0.05, 0) is 43.0 Å². The van der Waals surface area contributed by atoms with Gasteiger partial charge in [0, 0.05) is 22.1 Å². The fourth-order valence-corrected chi connectivity index (χ4v) is 4.86. The van der Waals surface area contributed by atoms with Gasteiger partial charge in [0.05, 0.1) is 4.91 Å². The Labute approximate surface area is 139 Å². The molecule has 2 nitrogen and oxygen atoms in total. The normalized spacial score (nSPS) is 13.5. The largest absolute Gasteiger partial charge is 0.351 e. The van der Waals surface area contributed by atoms with Crippen LogP contribution in [-0.4, -0.2) is 12.5 Å². The third-order valence-electron chi connectivity index (χ3n) is 3.94. The second-order valence-corrected chi connectivity index (χ2v) is 7.69. The molecule has 0 saturated heterocycles. The molecule has 3 rings (SSSR count). The monoisotopic (exact) mass is 329 g/mol. The molecule has 0 saturated carbocycles. The van der Waals surface area contributed by atoms with Crippen LogP contribution in [0.4, 0.5) is 0 Å². The van der Waals surface area contributed by atoms with Crippen molar-refractivity contribution in [3.05, 3.63) is 61.7 Å². The minimum Gasteiger partial charge on any atom is -0.351 e. The van der Waals surface area contributed by atoms with Gasteiger partial charge >= 0.3 is 0 Å². The highest BCUT2D eigenvalue weighted by Gasteiger charge is 2.20. The van der Waals surface area contributed by atoms with E-state index in [4.69, 9.17) is 0 Å². The van der Waals surface area contributed by atoms with Crippen molar-refractivity contribution in [2.24, 2.45) is 0 Å². The number of amides is 1. The van der Waals surface area contributed by atoms with E-state index >= 15 is 0 Å². The predicted molar refractivity (Wildman–Crippen MR) is 96.2 cm³/mol. The molecule has 1 aromatic carbocycles. The lowest BCUT2D eigenvalue weighted by Crippen LogP contribution is -2.26. The van der Waals surface area contributed by atoms with Gasteiger partial charge in [0.1, 0.15) is 0 Å². The highest BCUT2D eigenvalue weighted by molar-refractivity contribution is 8.03. The number of carbonyl (C=O) groups excluding carboxylic acids is 1. The first-order valence-corrected chi connectivity index (χ1v) is 9.21. The Hall–Kier alpha value is -1.52. The third-order valence-corrected chi connectivity index (χ3v) is 6.19. The summed E-state index contributed by atoms with van der Waals surface area (Å²) in [5.41, 5.74) is 4.03. The van der Waals surface area contributed by atoms with Crippen molar-refractivity contribution in [1.82, 2.24) is 5.32 Å². The van der Waals surface area contributed by atoms with Crippen molar-refractivity contribution in [3.8, 4) is 0 Å². The van der Waals surface area contributed by atoms with Gasteiger partial charge in [-0.15, -0.1) is 23.1 Å². The molecule has 0 spiro atoms. The number of thioether (sulfide) groups is 1. The molecule has 22 heavy (non-hydrogen) atoms. The van der Waals surface area contributed by atoms with Crippen LogP contribution in [0.15, 0.2) is 35.2 Å². The Bertz CT molecular complexity index is 716. The molecule has 1 aliphatic heterocycles. The number of benzene rings is 1. The molecule has 4 heteroatoms. The summed E-state index contributed by atoms with van der Waals surface area (Å²) in [6.07, 6.45) is 2.92. The number of nitrogens with one attached hydrogen (secondary N) is 1. The van der Waals surface area contributed by atoms with Gasteiger partial charge in [0.15, 0.2) is 0 Å². The van der Waals surface area contributed by atoms with E-state index in [-0.39, 0.29) is 5.91 Å². The van der Waals surface area contributed by atoms with E-state index in [0.29, 0.717) is 6.54 Å². The van der Waals surface area contributed by atoms with Gasteiger partial charge < -0.3 is 5.32 Å². The van der Waals surface area contributed by atoms with E-state index in [0.717, 1.165) is 17.1 Å². The third kappa shape index (κ3) is 3.28. The number of carbonyl (C=O) groups is 1. The van der Waals surface area contributed by atoms with Crippen molar-refractivity contribution in [2.75, 3.05) is 6.54 Å². The van der Waals surface area contributed by atoms with Crippen molar-refractivity contribution in [1.29, 1.82) is 0 Å². The summed E-state index contributed by atoms with van der Waals surface area (Å²) in [6, 6.07) is 10.2. The lowest BCUT2D eigenvalue weighted by molar-refractivity contribution is -0.116. The SMILES string of the molecule is Cc1sc2c(c1C)CSC(C(=O)NCCc1ccccc1)=C2. The van der Waals surface area contributed by atoms with Gasteiger partial charge in [-0.1, -0.05) is 30.3 Å². The van der Waals surface area contributed by atoms with Crippen LogP contribution in [0.1, 0.15) is 26.4 Å². The van der Waals surface area contributed by atoms with Crippen molar-refractivity contribution >= 4 is 35.1 Å². The molecule has 114 valence electrons. The molecular weight excluding hydrogens is 310 g/mol. The second kappa shape index (κ2) is 6.71. The molecule has 1 amide bonds. The Morgan fingerprint density at radius 2 is 2.00 bits per heavy atom. The maximum atomic E-state index is 12.3. The van der Waals surface area contributed by atoms with E-state index in [1.807, 2.05) is 24.3 Å². The van der Waals surface area contributed by atoms with E-state index in [1.54, 1.807) is 23.1 Å². The summed E-state index contributed by atoms with van der Waals surface area (Å²) in [4.78, 5) is 15.7. The molecule has 0 atom stereocenters. The van der Waals surface area contributed by atoms with Crippen LogP contribution in [0.3, 0.4) is 0 Å². The summed E-state index contributed by atoms with van der Waals surface area (Å²) in [5, 5.41) is 3.03. The van der Waals surface area contributed by atoms with Crippen LogP contribution in [0.25, 0.3) is 6.08 Å². The molecule has 0 unspecified atom stereocenters. The first-order valence-electron chi connectivity index (χ1n) is 7.40. The summed E-state index contributed by atoms with van der Waals surface area (Å²) in [7, 11) is 0. The molecule has 0 aliphatic carbocycles. The van der Waals surface area contributed by atoms with Crippen molar-refractivity contribution in [2.45, 2.75) is 26.0 Å².